The van der Waals surface area contributed by atoms with Crippen LogP contribution in [0.1, 0.15) is 27.2 Å². The number of likely N-dealkylation sites (tertiary alicyclic amines) is 1. The highest BCUT2D eigenvalue weighted by atomic mass is 16.2. The van der Waals surface area contributed by atoms with Gasteiger partial charge in [0.2, 0.25) is 5.91 Å². The molecule has 1 rings (SSSR count). The Morgan fingerprint density at radius 2 is 2.15 bits per heavy atom. The Balaban J connectivity index is 2.50. The van der Waals surface area contributed by atoms with Gasteiger partial charge in [-0.1, -0.05) is 20.8 Å². The molecule has 1 fully saturated rings. The quantitative estimate of drug-likeness (QED) is 0.656. The van der Waals surface area contributed by atoms with Gasteiger partial charge in [0.1, 0.15) is 0 Å². The van der Waals surface area contributed by atoms with Gasteiger partial charge in [0.15, 0.2) is 0 Å². The Morgan fingerprint density at radius 1 is 1.54 bits per heavy atom. The third-order valence-corrected chi connectivity index (χ3v) is 2.78. The van der Waals surface area contributed by atoms with E-state index in [2.05, 4.69) is 6.92 Å². The molecule has 13 heavy (non-hydrogen) atoms. The molecule has 2 atom stereocenters. The fraction of sp³-hybridized carbons (Fsp3) is 0.900. The van der Waals surface area contributed by atoms with E-state index in [1.165, 1.54) is 0 Å². The molecule has 0 unspecified atom stereocenters. The normalized spacial score (nSPS) is 29.5. The molecule has 0 bridgehead atoms. The number of nitrogens with two attached hydrogens (primary N) is 1. The first-order valence-corrected chi connectivity index (χ1v) is 5.06. The Kier molecular flexibility index (Phi) is 3.31. The lowest BCUT2D eigenvalue weighted by atomic mass is 9.94. The molecule has 3 heteroatoms. The van der Waals surface area contributed by atoms with Gasteiger partial charge < -0.3 is 10.6 Å². The highest BCUT2D eigenvalue weighted by molar-refractivity contribution is 5.78. The van der Waals surface area contributed by atoms with Crippen LogP contribution in [0.5, 0.6) is 0 Å². The second-order valence-corrected chi connectivity index (χ2v) is 4.37. The average Bonchev–Trinajstić information content (AvgIpc) is 2.08. The SMILES string of the molecule is CC(C)C(=O)N1CC[C@@H](N)[C@H](C)C1. The summed E-state index contributed by atoms with van der Waals surface area (Å²) < 4.78 is 0. The van der Waals surface area contributed by atoms with Gasteiger partial charge in [0.05, 0.1) is 0 Å². The van der Waals surface area contributed by atoms with Gasteiger partial charge in [-0.25, -0.2) is 0 Å². The molecule has 0 aromatic rings. The van der Waals surface area contributed by atoms with Crippen LogP contribution in [0.3, 0.4) is 0 Å². The first-order chi connectivity index (χ1) is 6.02. The third kappa shape index (κ3) is 2.44. The van der Waals surface area contributed by atoms with Crippen LogP contribution in [0, 0.1) is 11.8 Å². The molecule has 0 aromatic heterocycles. The first-order valence-electron chi connectivity index (χ1n) is 5.06. The number of carbonyl (C=O) groups is 1. The Hall–Kier alpha value is -0.570. The smallest absolute Gasteiger partial charge is 0.225 e. The predicted octanol–water partition coefficient (Wildman–Crippen LogP) is 0.838. The standard InChI is InChI=1S/C10H20N2O/c1-7(2)10(13)12-5-4-9(11)8(3)6-12/h7-9H,4-6,11H2,1-3H3/t8-,9-/m1/s1. The van der Waals surface area contributed by atoms with E-state index in [0.29, 0.717) is 5.92 Å². The van der Waals surface area contributed by atoms with E-state index in [-0.39, 0.29) is 17.9 Å². The minimum absolute atomic E-state index is 0.113. The van der Waals surface area contributed by atoms with Crippen LogP contribution in [0.25, 0.3) is 0 Å². The van der Waals surface area contributed by atoms with Gasteiger partial charge in [-0.2, -0.15) is 0 Å². The minimum Gasteiger partial charge on any atom is -0.342 e. The summed E-state index contributed by atoms with van der Waals surface area (Å²) in [6.07, 6.45) is 0.944. The Morgan fingerprint density at radius 3 is 2.62 bits per heavy atom. The maximum absolute atomic E-state index is 11.6. The van der Waals surface area contributed by atoms with Crippen LogP contribution in [0.15, 0.2) is 0 Å². The molecule has 2 N–H and O–H groups in total. The van der Waals surface area contributed by atoms with Crippen molar-refractivity contribution in [1.29, 1.82) is 0 Å². The summed E-state index contributed by atoms with van der Waals surface area (Å²) in [6, 6.07) is 0.274. The summed E-state index contributed by atoms with van der Waals surface area (Å²) in [5.41, 5.74) is 5.88. The average molecular weight is 184 g/mol. The summed E-state index contributed by atoms with van der Waals surface area (Å²) >= 11 is 0. The maximum atomic E-state index is 11.6. The second kappa shape index (κ2) is 4.09. The van der Waals surface area contributed by atoms with Gasteiger partial charge in [0.25, 0.3) is 0 Å². The lowest BCUT2D eigenvalue weighted by Gasteiger charge is -2.36. The van der Waals surface area contributed by atoms with Crippen molar-refractivity contribution in [2.24, 2.45) is 17.6 Å². The van der Waals surface area contributed by atoms with Crippen molar-refractivity contribution >= 4 is 5.91 Å². The molecule has 1 heterocycles. The van der Waals surface area contributed by atoms with Crippen molar-refractivity contribution in [2.75, 3.05) is 13.1 Å². The van der Waals surface area contributed by atoms with Gasteiger partial charge >= 0.3 is 0 Å². The van der Waals surface area contributed by atoms with Crippen molar-refractivity contribution in [3.05, 3.63) is 0 Å². The molecule has 1 saturated heterocycles. The molecule has 76 valence electrons. The van der Waals surface area contributed by atoms with Crippen LogP contribution in [0.4, 0.5) is 0 Å². The van der Waals surface area contributed by atoms with Crippen LogP contribution < -0.4 is 5.73 Å². The van der Waals surface area contributed by atoms with Crippen molar-refractivity contribution in [3.8, 4) is 0 Å². The largest absolute Gasteiger partial charge is 0.342 e. The maximum Gasteiger partial charge on any atom is 0.225 e. The molecular weight excluding hydrogens is 164 g/mol. The van der Waals surface area contributed by atoms with Crippen molar-refractivity contribution in [3.63, 3.8) is 0 Å². The van der Waals surface area contributed by atoms with Crippen LogP contribution in [-0.4, -0.2) is 29.9 Å². The Bertz CT molecular complexity index is 191. The van der Waals surface area contributed by atoms with E-state index in [1.54, 1.807) is 0 Å². The molecule has 1 amide bonds. The predicted molar refractivity (Wildman–Crippen MR) is 53.2 cm³/mol. The van der Waals surface area contributed by atoms with E-state index in [1.807, 2.05) is 18.7 Å². The van der Waals surface area contributed by atoms with Crippen LogP contribution >= 0.6 is 0 Å². The highest BCUT2D eigenvalue weighted by Crippen LogP contribution is 2.16. The summed E-state index contributed by atoms with van der Waals surface area (Å²) in [7, 11) is 0. The molecule has 0 aromatic carbocycles. The number of nitrogens with zero attached hydrogens (tertiary/aromatic N) is 1. The Labute approximate surface area is 80.3 Å². The van der Waals surface area contributed by atoms with E-state index in [0.717, 1.165) is 19.5 Å². The summed E-state index contributed by atoms with van der Waals surface area (Å²) in [5.74, 6) is 0.816. The number of piperidine rings is 1. The molecule has 0 radical (unpaired) electrons. The van der Waals surface area contributed by atoms with E-state index in [4.69, 9.17) is 5.73 Å². The van der Waals surface area contributed by atoms with Gasteiger partial charge in [-0.3, -0.25) is 4.79 Å². The number of hydrogen-bond donors (Lipinski definition) is 1. The van der Waals surface area contributed by atoms with Gasteiger partial charge in [-0.05, 0) is 12.3 Å². The van der Waals surface area contributed by atoms with Crippen LogP contribution in [0.2, 0.25) is 0 Å². The lowest BCUT2D eigenvalue weighted by Crippen LogP contribution is -2.49. The topological polar surface area (TPSA) is 46.3 Å². The summed E-state index contributed by atoms with van der Waals surface area (Å²) in [6.45, 7) is 7.67. The van der Waals surface area contributed by atoms with Crippen molar-refractivity contribution < 1.29 is 4.79 Å². The molecule has 0 saturated carbocycles. The zero-order valence-electron chi connectivity index (χ0n) is 8.79. The molecule has 1 aliphatic heterocycles. The van der Waals surface area contributed by atoms with Gasteiger partial charge in [-0.15, -0.1) is 0 Å². The number of carbonyl (C=O) groups excluding carboxylic acids is 1. The molecular formula is C10H20N2O. The van der Waals surface area contributed by atoms with E-state index < -0.39 is 0 Å². The summed E-state index contributed by atoms with van der Waals surface area (Å²) in [4.78, 5) is 13.6. The molecule has 0 spiro atoms. The fourth-order valence-corrected chi connectivity index (χ4v) is 1.73. The third-order valence-electron chi connectivity index (χ3n) is 2.78. The van der Waals surface area contributed by atoms with E-state index in [9.17, 15) is 4.79 Å². The fourth-order valence-electron chi connectivity index (χ4n) is 1.73. The zero-order chi connectivity index (χ0) is 10.0. The molecule has 3 nitrogen and oxygen atoms in total. The van der Waals surface area contributed by atoms with Gasteiger partial charge in [0, 0.05) is 25.0 Å². The van der Waals surface area contributed by atoms with E-state index >= 15 is 0 Å². The number of rotatable bonds is 1. The second-order valence-electron chi connectivity index (χ2n) is 4.37. The summed E-state index contributed by atoms with van der Waals surface area (Å²) in [5, 5.41) is 0. The van der Waals surface area contributed by atoms with Crippen LogP contribution in [-0.2, 0) is 4.79 Å². The number of amides is 1. The minimum atomic E-state index is 0.113. The zero-order valence-corrected chi connectivity index (χ0v) is 8.79. The van der Waals surface area contributed by atoms with Crippen molar-refractivity contribution in [2.45, 2.75) is 33.2 Å². The molecule has 1 aliphatic rings. The monoisotopic (exact) mass is 184 g/mol. The highest BCUT2D eigenvalue weighted by Gasteiger charge is 2.27. The molecule has 0 aliphatic carbocycles. The van der Waals surface area contributed by atoms with Crippen molar-refractivity contribution in [1.82, 2.24) is 4.90 Å². The first kappa shape index (κ1) is 10.5. The lowest BCUT2D eigenvalue weighted by molar-refractivity contribution is -0.136. The number of hydrogen-bond acceptors (Lipinski definition) is 2.